The van der Waals surface area contributed by atoms with Crippen molar-refractivity contribution in [3.63, 3.8) is 0 Å². The molecule has 1 fully saturated rings. The summed E-state index contributed by atoms with van der Waals surface area (Å²) in [4.78, 5) is 12.5. The van der Waals surface area contributed by atoms with Crippen molar-refractivity contribution in [2.75, 3.05) is 17.8 Å². The number of para-hydroxylation sites is 1. The summed E-state index contributed by atoms with van der Waals surface area (Å²) >= 11 is 0. The molecule has 1 atom stereocenters. The second-order valence-corrected chi connectivity index (χ2v) is 5.52. The summed E-state index contributed by atoms with van der Waals surface area (Å²) in [5.41, 5.74) is 6.72. The number of anilines is 2. The zero-order valence-electron chi connectivity index (χ0n) is 12.4. The standard InChI is InChI=1S/C16H16N4O2/c1-16(13-10-22-15(18)12(13)9-17)8-14(21)20(19(16)2)11-6-4-3-5-7-11/h3-7,10H,8,18H2,1-2H3. The number of benzene rings is 1. The van der Waals surface area contributed by atoms with Gasteiger partial charge in [-0.15, -0.1) is 0 Å². The molecule has 1 aromatic carbocycles. The molecule has 3 rings (SSSR count). The molecule has 6 nitrogen and oxygen atoms in total. The number of nitriles is 1. The number of carbonyl (C=O) groups excluding carboxylic acids is 1. The maximum Gasteiger partial charge on any atom is 0.243 e. The van der Waals surface area contributed by atoms with Gasteiger partial charge in [-0.1, -0.05) is 18.2 Å². The Kier molecular flexibility index (Phi) is 3.15. The van der Waals surface area contributed by atoms with E-state index in [-0.39, 0.29) is 23.8 Å². The SMILES string of the molecule is CN1N(c2ccccc2)C(=O)CC1(C)c1coc(N)c1C#N. The Labute approximate surface area is 128 Å². The third-order valence-electron chi connectivity index (χ3n) is 4.26. The largest absolute Gasteiger partial charge is 0.447 e. The van der Waals surface area contributed by atoms with Crippen LogP contribution in [0.25, 0.3) is 0 Å². The Balaban J connectivity index is 2.07. The van der Waals surface area contributed by atoms with Crippen LogP contribution in [0.1, 0.15) is 24.5 Å². The van der Waals surface area contributed by atoms with Gasteiger partial charge in [0.25, 0.3) is 0 Å². The number of hydrazine groups is 1. The van der Waals surface area contributed by atoms with E-state index in [1.165, 1.54) is 6.26 Å². The van der Waals surface area contributed by atoms with Gasteiger partial charge < -0.3 is 10.2 Å². The van der Waals surface area contributed by atoms with Gasteiger partial charge in [0.2, 0.25) is 11.8 Å². The molecule has 0 saturated carbocycles. The van der Waals surface area contributed by atoms with Gasteiger partial charge in [-0.2, -0.15) is 5.26 Å². The smallest absolute Gasteiger partial charge is 0.243 e. The van der Waals surface area contributed by atoms with Gasteiger partial charge in [0.15, 0.2) is 0 Å². The zero-order valence-corrected chi connectivity index (χ0v) is 12.4. The molecule has 0 bridgehead atoms. The van der Waals surface area contributed by atoms with Crippen molar-refractivity contribution < 1.29 is 9.21 Å². The van der Waals surface area contributed by atoms with Crippen molar-refractivity contribution in [3.05, 3.63) is 47.7 Å². The van der Waals surface area contributed by atoms with E-state index in [1.54, 1.807) is 5.01 Å². The third-order valence-corrected chi connectivity index (χ3v) is 4.26. The van der Waals surface area contributed by atoms with Crippen LogP contribution in [0.3, 0.4) is 0 Å². The van der Waals surface area contributed by atoms with Gasteiger partial charge >= 0.3 is 0 Å². The highest BCUT2D eigenvalue weighted by atomic mass is 16.3. The Morgan fingerprint density at radius 1 is 1.36 bits per heavy atom. The lowest BCUT2D eigenvalue weighted by Crippen LogP contribution is -2.44. The molecule has 2 aromatic rings. The minimum atomic E-state index is -0.681. The quantitative estimate of drug-likeness (QED) is 0.918. The van der Waals surface area contributed by atoms with E-state index in [0.717, 1.165) is 5.69 Å². The van der Waals surface area contributed by atoms with E-state index in [2.05, 4.69) is 6.07 Å². The van der Waals surface area contributed by atoms with Crippen LogP contribution in [0.15, 0.2) is 41.0 Å². The Bertz CT molecular complexity index is 762. The molecule has 2 N–H and O–H groups in total. The Morgan fingerprint density at radius 3 is 2.68 bits per heavy atom. The average molecular weight is 296 g/mol. The third kappa shape index (κ3) is 1.87. The highest BCUT2D eigenvalue weighted by molar-refractivity contribution is 5.95. The van der Waals surface area contributed by atoms with E-state index >= 15 is 0 Å². The van der Waals surface area contributed by atoms with E-state index in [9.17, 15) is 10.1 Å². The number of hydrogen-bond donors (Lipinski definition) is 1. The molecule has 1 aromatic heterocycles. The molecule has 0 spiro atoms. The van der Waals surface area contributed by atoms with E-state index in [4.69, 9.17) is 10.2 Å². The summed E-state index contributed by atoms with van der Waals surface area (Å²) in [5, 5.41) is 12.7. The Hall–Kier alpha value is -2.78. The molecule has 112 valence electrons. The van der Waals surface area contributed by atoms with Crippen LogP contribution in [-0.4, -0.2) is 18.0 Å². The minimum Gasteiger partial charge on any atom is -0.447 e. The van der Waals surface area contributed by atoms with Gasteiger partial charge in [0, 0.05) is 12.6 Å². The van der Waals surface area contributed by atoms with Crippen LogP contribution in [0, 0.1) is 11.3 Å². The first-order chi connectivity index (χ1) is 10.5. The van der Waals surface area contributed by atoms with Crippen LogP contribution in [-0.2, 0) is 10.3 Å². The highest BCUT2D eigenvalue weighted by Gasteiger charge is 2.48. The summed E-state index contributed by atoms with van der Waals surface area (Å²) < 4.78 is 5.19. The van der Waals surface area contributed by atoms with Crippen molar-refractivity contribution in [1.82, 2.24) is 5.01 Å². The fraction of sp³-hybridized carbons (Fsp3) is 0.250. The monoisotopic (exact) mass is 296 g/mol. The summed E-state index contributed by atoms with van der Waals surface area (Å²) in [5.74, 6) is 0.0394. The number of carbonyl (C=O) groups is 1. The van der Waals surface area contributed by atoms with Crippen molar-refractivity contribution in [1.29, 1.82) is 5.26 Å². The molecule has 1 unspecified atom stereocenters. The van der Waals surface area contributed by atoms with Crippen LogP contribution in [0.2, 0.25) is 0 Å². The molecule has 2 heterocycles. The first kappa shape index (κ1) is 14.2. The van der Waals surface area contributed by atoms with E-state index in [1.807, 2.05) is 49.3 Å². The van der Waals surface area contributed by atoms with Crippen molar-refractivity contribution in [2.45, 2.75) is 18.9 Å². The summed E-state index contributed by atoms with van der Waals surface area (Å²) in [6.45, 7) is 1.90. The van der Waals surface area contributed by atoms with E-state index in [0.29, 0.717) is 5.56 Å². The lowest BCUT2D eigenvalue weighted by Gasteiger charge is -2.35. The van der Waals surface area contributed by atoms with Gasteiger partial charge in [-0.25, -0.2) is 10.0 Å². The number of nitrogen functional groups attached to an aromatic ring is 1. The molecular weight excluding hydrogens is 280 g/mol. The lowest BCUT2D eigenvalue weighted by molar-refractivity contribution is -0.117. The van der Waals surface area contributed by atoms with Crippen molar-refractivity contribution >= 4 is 17.5 Å². The zero-order chi connectivity index (χ0) is 15.9. The number of nitrogens with two attached hydrogens (primary N) is 1. The topological polar surface area (TPSA) is 86.5 Å². The maximum atomic E-state index is 12.5. The maximum absolute atomic E-state index is 12.5. The molecule has 1 aliphatic heterocycles. The van der Waals surface area contributed by atoms with E-state index < -0.39 is 5.54 Å². The second kappa shape index (κ2) is 4.90. The Morgan fingerprint density at radius 2 is 2.05 bits per heavy atom. The molecule has 22 heavy (non-hydrogen) atoms. The van der Waals surface area contributed by atoms with Crippen LogP contribution < -0.4 is 10.7 Å². The van der Waals surface area contributed by atoms with Crippen LogP contribution in [0.5, 0.6) is 0 Å². The predicted octanol–water partition coefficient (Wildman–Crippen LogP) is 2.23. The van der Waals surface area contributed by atoms with Gasteiger partial charge in [-0.05, 0) is 19.1 Å². The molecule has 1 aliphatic rings. The first-order valence-electron chi connectivity index (χ1n) is 6.88. The number of nitrogens with zero attached hydrogens (tertiary/aromatic N) is 3. The number of rotatable bonds is 2. The number of hydrogen-bond acceptors (Lipinski definition) is 5. The van der Waals surface area contributed by atoms with Crippen molar-refractivity contribution in [2.24, 2.45) is 0 Å². The molecule has 1 saturated heterocycles. The summed E-state index contributed by atoms with van der Waals surface area (Å²) in [6, 6.07) is 11.5. The normalized spacial score (nSPS) is 22.0. The molecular formula is C16H16N4O2. The van der Waals surface area contributed by atoms with Crippen molar-refractivity contribution in [3.8, 4) is 6.07 Å². The summed E-state index contributed by atoms with van der Waals surface area (Å²) in [7, 11) is 1.82. The highest BCUT2D eigenvalue weighted by Crippen LogP contribution is 2.43. The molecule has 0 radical (unpaired) electrons. The fourth-order valence-corrected chi connectivity index (χ4v) is 2.91. The number of amides is 1. The predicted molar refractivity (Wildman–Crippen MR) is 81.5 cm³/mol. The first-order valence-corrected chi connectivity index (χ1v) is 6.88. The second-order valence-electron chi connectivity index (χ2n) is 5.52. The minimum absolute atomic E-state index is 0.0418. The van der Waals surface area contributed by atoms with Gasteiger partial charge in [-0.3, -0.25) is 4.79 Å². The number of furan rings is 1. The molecule has 0 aliphatic carbocycles. The molecule has 1 amide bonds. The average Bonchev–Trinajstić information content (AvgIpc) is 2.99. The van der Waals surface area contributed by atoms with Crippen LogP contribution in [0.4, 0.5) is 11.6 Å². The summed E-state index contributed by atoms with van der Waals surface area (Å²) in [6.07, 6.45) is 1.71. The molecule has 6 heteroatoms. The van der Waals surface area contributed by atoms with Gasteiger partial charge in [0.05, 0.1) is 23.9 Å². The van der Waals surface area contributed by atoms with Crippen LogP contribution >= 0.6 is 0 Å². The lowest BCUT2D eigenvalue weighted by atomic mass is 9.88. The fourth-order valence-electron chi connectivity index (χ4n) is 2.91. The van der Waals surface area contributed by atoms with Gasteiger partial charge in [0.1, 0.15) is 11.6 Å².